The molecule has 1 N–H and O–H groups in total. The molecule has 1 aliphatic carbocycles. The maximum atomic E-state index is 14.0. The van der Waals surface area contributed by atoms with Gasteiger partial charge in [-0.05, 0) is 18.9 Å². The van der Waals surface area contributed by atoms with Crippen molar-refractivity contribution in [2.75, 3.05) is 6.61 Å². The van der Waals surface area contributed by atoms with Crippen molar-refractivity contribution in [3.63, 3.8) is 0 Å². The van der Waals surface area contributed by atoms with Gasteiger partial charge in [-0.1, -0.05) is 13.0 Å². The zero-order valence-corrected chi connectivity index (χ0v) is 11.0. The summed E-state index contributed by atoms with van der Waals surface area (Å²) in [5.41, 5.74) is -3.90. The van der Waals surface area contributed by atoms with Crippen LogP contribution in [0.5, 0.6) is 0 Å². The van der Waals surface area contributed by atoms with Crippen LogP contribution in [0.25, 0.3) is 0 Å². The van der Waals surface area contributed by atoms with Crippen LogP contribution in [0, 0.1) is 0 Å². The zero-order valence-electron chi connectivity index (χ0n) is 11.0. The van der Waals surface area contributed by atoms with E-state index in [9.17, 15) is 22.7 Å². The summed E-state index contributed by atoms with van der Waals surface area (Å²) in [6.45, 7) is 2.59. The second kappa shape index (κ2) is 5.27. The summed E-state index contributed by atoms with van der Waals surface area (Å²) in [4.78, 5) is 0. The summed E-state index contributed by atoms with van der Waals surface area (Å²) in [7, 11) is 0. The van der Waals surface area contributed by atoms with Crippen LogP contribution in [0.3, 0.4) is 0 Å². The van der Waals surface area contributed by atoms with Gasteiger partial charge in [-0.3, -0.25) is 0 Å². The molecule has 0 aromatic carbocycles. The quantitative estimate of drug-likeness (QED) is 0.643. The van der Waals surface area contributed by atoms with Gasteiger partial charge in [0.05, 0.1) is 6.61 Å². The lowest BCUT2D eigenvalue weighted by Crippen LogP contribution is -2.55. The molecule has 0 aromatic heterocycles. The van der Waals surface area contributed by atoms with E-state index >= 15 is 0 Å². The molecule has 20 heavy (non-hydrogen) atoms. The number of ether oxygens (including phenoxy) is 2. The monoisotopic (exact) mass is 298 g/mol. The number of rotatable bonds is 3. The van der Waals surface area contributed by atoms with Crippen LogP contribution in [-0.4, -0.2) is 41.6 Å². The van der Waals surface area contributed by atoms with E-state index in [0.717, 1.165) is 19.3 Å². The topological polar surface area (TPSA) is 38.7 Å². The van der Waals surface area contributed by atoms with Crippen molar-refractivity contribution in [2.24, 2.45) is 0 Å². The van der Waals surface area contributed by atoms with Crippen molar-refractivity contribution in [3.8, 4) is 0 Å². The molecule has 2 aliphatic rings. The third-order valence-corrected chi connectivity index (χ3v) is 4.01. The Labute approximate surface area is 114 Å². The highest BCUT2D eigenvalue weighted by Gasteiger charge is 2.62. The highest BCUT2D eigenvalue weighted by molar-refractivity contribution is 5.10. The van der Waals surface area contributed by atoms with Gasteiger partial charge in [-0.2, -0.15) is 13.2 Å². The number of aliphatic hydroxyl groups excluding tert-OH is 1. The van der Waals surface area contributed by atoms with E-state index in [2.05, 4.69) is 6.58 Å². The summed E-state index contributed by atoms with van der Waals surface area (Å²) in [5, 5.41) is 9.75. The van der Waals surface area contributed by atoms with E-state index in [1.165, 1.54) is 0 Å². The summed E-state index contributed by atoms with van der Waals surface area (Å²) >= 11 is 0. The molecule has 1 heterocycles. The molecule has 116 valence electrons. The average Bonchev–Trinajstić information content (AvgIpc) is 2.80. The van der Waals surface area contributed by atoms with Gasteiger partial charge in [0.15, 0.2) is 5.79 Å². The maximum absolute atomic E-state index is 14.0. The Morgan fingerprint density at radius 2 is 1.80 bits per heavy atom. The lowest BCUT2D eigenvalue weighted by atomic mass is 9.93. The van der Waals surface area contributed by atoms with Crippen LogP contribution in [0.4, 0.5) is 17.6 Å². The summed E-state index contributed by atoms with van der Waals surface area (Å²) < 4.78 is 63.1. The molecule has 2 fully saturated rings. The van der Waals surface area contributed by atoms with Crippen LogP contribution >= 0.6 is 0 Å². The number of hydrogen-bond acceptors (Lipinski definition) is 3. The SMILES string of the molecule is C=C[C@@](F)([C@H](O)[C@H]1COC2(CCCCC2)O1)C(F)(F)F. The van der Waals surface area contributed by atoms with Gasteiger partial charge in [-0.15, -0.1) is 0 Å². The maximum Gasteiger partial charge on any atom is 0.428 e. The molecule has 0 unspecified atom stereocenters. The Balaban J connectivity index is 2.10. The normalized spacial score (nSPS) is 30.9. The third kappa shape index (κ3) is 2.58. The van der Waals surface area contributed by atoms with Crippen molar-refractivity contribution in [1.29, 1.82) is 0 Å². The molecule has 3 atom stereocenters. The molecule has 1 spiro atoms. The van der Waals surface area contributed by atoms with E-state index in [-0.39, 0.29) is 12.7 Å². The second-order valence-corrected chi connectivity index (χ2v) is 5.35. The Hall–Kier alpha value is -0.660. The highest BCUT2D eigenvalue weighted by atomic mass is 19.4. The van der Waals surface area contributed by atoms with Gasteiger partial charge in [-0.25, -0.2) is 4.39 Å². The van der Waals surface area contributed by atoms with Gasteiger partial charge in [0.2, 0.25) is 0 Å². The molecule has 3 nitrogen and oxygen atoms in total. The number of alkyl halides is 4. The van der Waals surface area contributed by atoms with Crippen molar-refractivity contribution < 1.29 is 32.1 Å². The molecule has 1 saturated heterocycles. The van der Waals surface area contributed by atoms with Crippen LogP contribution in [-0.2, 0) is 9.47 Å². The standard InChI is InChI=1S/C13H18F4O3/c1-2-12(14,13(15,16)17)10(18)9-8-19-11(20-9)6-4-3-5-7-11/h2,9-10,18H,1,3-8H2/t9-,10-,12-/m1/s1. The lowest BCUT2D eigenvalue weighted by Gasteiger charge is -2.35. The average molecular weight is 298 g/mol. The Kier molecular flexibility index (Phi) is 4.15. The van der Waals surface area contributed by atoms with E-state index in [0.29, 0.717) is 12.8 Å². The molecular formula is C13H18F4O3. The van der Waals surface area contributed by atoms with E-state index < -0.39 is 29.8 Å². The predicted molar refractivity (Wildman–Crippen MR) is 62.7 cm³/mol. The van der Waals surface area contributed by atoms with Gasteiger partial charge < -0.3 is 14.6 Å². The molecule has 1 saturated carbocycles. The fourth-order valence-electron chi connectivity index (χ4n) is 2.76. The first-order valence-electron chi connectivity index (χ1n) is 6.63. The van der Waals surface area contributed by atoms with Crippen molar-refractivity contribution >= 4 is 0 Å². The summed E-state index contributed by atoms with van der Waals surface area (Å²) in [5.74, 6) is -0.961. The molecule has 0 radical (unpaired) electrons. The van der Waals surface area contributed by atoms with E-state index in [1.54, 1.807) is 0 Å². The first kappa shape index (κ1) is 15.7. The first-order valence-corrected chi connectivity index (χ1v) is 6.63. The van der Waals surface area contributed by atoms with Gasteiger partial charge in [0.25, 0.3) is 5.67 Å². The van der Waals surface area contributed by atoms with Crippen LogP contribution in [0.2, 0.25) is 0 Å². The van der Waals surface area contributed by atoms with Crippen molar-refractivity contribution in [3.05, 3.63) is 12.7 Å². The largest absolute Gasteiger partial charge is 0.428 e. The minimum Gasteiger partial charge on any atom is -0.386 e. The van der Waals surface area contributed by atoms with Gasteiger partial charge in [0.1, 0.15) is 12.2 Å². The van der Waals surface area contributed by atoms with Crippen LogP contribution < -0.4 is 0 Å². The number of halogens is 4. The first-order chi connectivity index (χ1) is 9.24. The van der Waals surface area contributed by atoms with Gasteiger partial charge in [0, 0.05) is 12.8 Å². The molecule has 0 bridgehead atoms. The molecule has 0 amide bonds. The zero-order chi connectivity index (χ0) is 15.0. The molecule has 0 aromatic rings. The Bertz CT molecular complexity index is 365. The number of hydrogen-bond donors (Lipinski definition) is 1. The van der Waals surface area contributed by atoms with Crippen molar-refractivity contribution in [1.82, 2.24) is 0 Å². The summed E-state index contributed by atoms with van der Waals surface area (Å²) in [6, 6.07) is 0. The molecule has 2 rings (SSSR count). The van der Waals surface area contributed by atoms with E-state index in [4.69, 9.17) is 9.47 Å². The fraction of sp³-hybridized carbons (Fsp3) is 0.846. The minimum absolute atomic E-state index is 0.0763. The highest BCUT2D eigenvalue weighted by Crippen LogP contribution is 2.44. The van der Waals surface area contributed by atoms with Crippen molar-refractivity contribution in [2.45, 2.75) is 61.9 Å². The smallest absolute Gasteiger partial charge is 0.386 e. The number of aliphatic hydroxyl groups is 1. The van der Waals surface area contributed by atoms with E-state index in [1.807, 2.05) is 0 Å². The van der Waals surface area contributed by atoms with Crippen LogP contribution in [0.15, 0.2) is 12.7 Å². The third-order valence-electron chi connectivity index (χ3n) is 4.01. The lowest BCUT2D eigenvalue weighted by molar-refractivity contribution is -0.261. The second-order valence-electron chi connectivity index (χ2n) is 5.35. The Morgan fingerprint density at radius 3 is 2.30 bits per heavy atom. The molecule has 7 heteroatoms. The summed E-state index contributed by atoms with van der Waals surface area (Å²) in [6.07, 6.45) is -5.13. The Morgan fingerprint density at radius 1 is 1.20 bits per heavy atom. The molecular weight excluding hydrogens is 280 g/mol. The van der Waals surface area contributed by atoms with Gasteiger partial charge >= 0.3 is 6.18 Å². The molecule has 1 aliphatic heterocycles. The minimum atomic E-state index is -5.25. The fourth-order valence-corrected chi connectivity index (χ4v) is 2.76. The van der Waals surface area contributed by atoms with Crippen LogP contribution in [0.1, 0.15) is 32.1 Å². The predicted octanol–water partition coefficient (Wildman–Crippen LogP) is 2.88.